The molecule has 0 spiro atoms. The lowest BCUT2D eigenvalue weighted by atomic mass is 10.0. The molecular weight excluding hydrogens is 147 g/mol. The maximum absolute atomic E-state index is 10.7. The Morgan fingerprint density at radius 1 is 1.70 bits per heavy atom. The van der Waals surface area contributed by atoms with Gasteiger partial charge < -0.3 is 4.89 Å². The summed E-state index contributed by atoms with van der Waals surface area (Å²) < 4.78 is 10.7. The first-order valence-electron chi connectivity index (χ1n) is 3.65. The van der Waals surface area contributed by atoms with E-state index in [2.05, 4.69) is 6.92 Å². The van der Waals surface area contributed by atoms with Gasteiger partial charge in [-0.05, 0) is 18.8 Å². The van der Waals surface area contributed by atoms with Crippen LogP contribution in [0.4, 0.5) is 0 Å². The fourth-order valence-corrected chi connectivity index (χ4v) is 2.02. The molecule has 61 valence electrons. The zero-order valence-corrected chi connectivity index (χ0v) is 7.63. The second-order valence-electron chi connectivity index (χ2n) is 2.62. The quantitative estimate of drug-likeness (QED) is 0.644. The van der Waals surface area contributed by atoms with Gasteiger partial charge in [0.2, 0.25) is 0 Å². The third-order valence-electron chi connectivity index (χ3n) is 1.90. The van der Waals surface area contributed by atoms with Crippen LogP contribution in [0.1, 0.15) is 26.7 Å². The molecule has 0 bridgehead atoms. The van der Waals surface area contributed by atoms with Crippen molar-refractivity contribution in [3.8, 4) is 0 Å². The predicted molar refractivity (Wildman–Crippen MR) is 44.4 cm³/mol. The molecule has 0 fully saturated rings. The first-order valence-corrected chi connectivity index (χ1v) is 5.08. The van der Waals surface area contributed by atoms with Gasteiger partial charge >= 0.3 is 0 Å². The van der Waals surface area contributed by atoms with Crippen LogP contribution in [-0.2, 0) is 4.57 Å². The second-order valence-corrected chi connectivity index (χ2v) is 4.04. The van der Waals surface area contributed by atoms with Crippen LogP contribution in [0.3, 0.4) is 0 Å². The molecule has 0 rings (SSSR count). The molecule has 1 radical (unpaired) electrons. The third-order valence-corrected chi connectivity index (χ3v) is 3.51. The van der Waals surface area contributed by atoms with Crippen LogP contribution >= 0.6 is 8.03 Å². The zero-order valence-electron chi connectivity index (χ0n) is 6.63. The van der Waals surface area contributed by atoms with Crippen molar-refractivity contribution in [1.29, 1.82) is 0 Å². The topological polar surface area (TPSA) is 37.3 Å². The van der Waals surface area contributed by atoms with Crippen LogP contribution in [0.5, 0.6) is 0 Å². The molecule has 0 aliphatic rings. The Morgan fingerprint density at radius 3 is 2.30 bits per heavy atom. The van der Waals surface area contributed by atoms with Gasteiger partial charge in [-0.2, -0.15) is 0 Å². The molecule has 0 saturated carbocycles. The van der Waals surface area contributed by atoms with Gasteiger partial charge in [0.05, 0.1) is 0 Å². The van der Waals surface area contributed by atoms with E-state index in [1.165, 1.54) is 0 Å². The highest BCUT2D eigenvalue weighted by atomic mass is 31.1. The van der Waals surface area contributed by atoms with Crippen molar-refractivity contribution in [2.24, 2.45) is 5.92 Å². The minimum Gasteiger partial charge on any atom is -0.346 e. The molecule has 3 unspecified atom stereocenters. The minimum absolute atomic E-state index is 0.0255. The lowest BCUT2D eigenvalue weighted by Gasteiger charge is -2.17. The molecule has 0 saturated heterocycles. The standard InChI is InChI=1S/C7H16O2P/c1-4-6(3)7(5-2)10(8)9/h6-7,10H,1,4-5H2,2-3H3,(H,8,9). The highest BCUT2D eigenvalue weighted by Crippen LogP contribution is 2.32. The maximum atomic E-state index is 10.7. The van der Waals surface area contributed by atoms with E-state index in [1.807, 2.05) is 13.8 Å². The van der Waals surface area contributed by atoms with Crippen LogP contribution in [0.15, 0.2) is 0 Å². The summed E-state index contributed by atoms with van der Waals surface area (Å²) in [6, 6.07) is 0. The van der Waals surface area contributed by atoms with Crippen molar-refractivity contribution in [3.05, 3.63) is 6.92 Å². The third kappa shape index (κ3) is 2.85. The molecule has 1 N–H and O–H groups in total. The number of hydrogen-bond acceptors (Lipinski definition) is 1. The summed E-state index contributed by atoms with van der Waals surface area (Å²) in [6.45, 7) is 7.62. The van der Waals surface area contributed by atoms with E-state index in [-0.39, 0.29) is 11.6 Å². The Hall–Kier alpha value is 0.190. The summed E-state index contributed by atoms with van der Waals surface area (Å²) in [5, 5.41) is 0. The van der Waals surface area contributed by atoms with E-state index in [0.717, 1.165) is 12.8 Å². The van der Waals surface area contributed by atoms with E-state index in [4.69, 9.17) is 4.89 Å². The number of rotatable bonds is 4. The van der Waals surface area contributed by atoms with Gasteiger partial charge in [-0.25, -0.2) is 0 Å². The van der Waals surface area contributed by atoms with Crippen LogP contribution in [0, 0.1) is 12.8 Å². The molecule has 0 heterocycles. The van der Waals surface area contributed by atoms with Crippen molar-refractivity contribution in [3.63, 3.8) is 0 Å². The highest BCUT2D eigenvalue weighted by molar-refractivity contribution is 7.38. The molecule has 3 heteroatoms. The Labute approximate surface area is 63.5 Å². The van der Waals surface area contributed by atoms with Gasteiger partial charge in [0, 0.05) is 5.66 Å². The Balaban J connectivity index is 3.92. The second kappa shape index (κ2) is 4.92. The fourth-order valence-electron chi connectivity index (χ4n) is 1.02. The molecule has 0 aromatic rings. The largest absolute Gasteiger partial charge is 0.346 e. The van der Waals surface area contributed by atoms with E-state index >= 15 is 0 Å². The molecule has 0 aromatic heterocycles. The normalized spacial score (nSPS) is 20.0. The summed E-state index contributed by atoms with van der Waals surface area (Å²) in [5.41, 5.74) is -0.0255. The van der Waals surface area contributed by atoms with E-state index in [1.54, 1.807) is 0 Å². The van der Waals surface area contributed by atoms with Gasteiger partial charge in [0.25, 0.3) is 0 Å². The molecule has 0 amide bonds. The fraction of sp³-hybridized carbons (Fsp3) is 0.857. The molecule has 2 nitrogen and oxygen atoms in total. The summed E-state index contributed by atoms with van der Waals surface area (Å²) >= 11 is 0. The van der Waals surface area contributed by atoms with Gasteiger partial charge in [-0.15, -0.1) is 0 Å². The molecule has 0 aliphatic carbocycles. The SMILES string of the molecule is [CH2]CC(C)C(CC)[PH](=O)O. The minimum atomic E-state index is -2.33. The summed E-state index contributed by atoms with van der Waals surface area (Å²) in [5.74, 6) is 0.279. The van der Waals surface area contributed by atoms with Crippen LogP contribution in [-0.4, -0.2) is 10.6 Å². The van der Waals surface area contributed by atoms with Crippen molar-refractivity contribution in [2.45, 2.75) is 32.3 Å². The van der Waals surface area contributed by atoms with Gasteiger partial charge in [0.1, 0.15) is 0 Å². The molecule has 3 atom stereocenters. The summed E-state index contributed by atoms with van der Waals surface area (Å²) in [7, 11) is -2.33. The molecule has 10 heavy (non-hydrogen) atoms. The van der Waals surface area contributed by atoms with Crippen molar-refractivity contribution in [1.82, 2.24) is 0 Å². The predicted octanol–water partition coefficient (Wildman–Crippen LogP) is 2.09. The van der Waals surface area contributed by atoms with E-state index in [0.29, 0.717) is 0 Å². The van der Waals surface area contributed by atoms with Crippen molar-refractivity contribution < 1.29 is 9.46 Å². The Bertz CT molecular complexity index is 114. The maximum Gasteiger partial charge on any atom is 0.192 e. The average molecular weight is 163 g/mol. The van der Waals surface area contributed by atoms with E-state index in [9.17, 15) is 4.57 Å². The van der Waals surface area contributed by atoms with Crippen LogP contribution < -0.4 is 0 Å². The van der Waals surface area contributed by atoms with Gasteiger partial charge in [-0.3, -0.25) is 4.57 Å². The molecule has 0 aliphatic heterocycles. The smallest absolute Gasteiger partial charge is 0.192 e. The Kier molecular flexibility index (Phi) is 5.02. The summed E-state index contributed by atoms with van der Waals surface area (Å²) in [6.07, 6.45) is 1.53. The Morgan fingerprint density at radius 2 is 2.20 bits per heavy atom. The van der Waals surface area contributed by atoms with Gasteiger partial charge in [0.15, 0.2) is 8.03 Å². The average Bonchev–Trinajstić information content (AvgIpc) is 1.88. The number of hydrogen-bond donors (Lipinski definition) is 1. The van der Waals surface area contributed by atoms with Crippen molar-refractivity contribution >= 4 is 8.03 Å². The lowest BCUT2D eigenvalue weighted by Crippen LogP contribution is -2.11. The first-order chi connectivity index (χ1) is 4.63. The molecular formula is C7H16O2P. The monoisotopic (exact) mass is 163 g/mol. The van der Waals surface area contributed by atoms with Gasteiger partial charge in [-0.1, -0.05) is 20.8 Å². The van der Waals surface area contributed by atoms with E-state index < -0.39 is 8.03 Å². The van der Waals surface area contributed by atoms with Crippen LogP contribution in [0.2, 0.25) is 0 Å². The summed E-state index contributed by atoms with van der Waals surface area (Å²) in [4.78, 5) is 8.83. The molecule has 0 aromatic carbocycles. The zero-order chi connectivity index (χ0) is 8.15. The van der Waals surface area contributed by atoms with Crippen LogP contribution in [0.25, 0.3) is 0 Å². The first kappa shape index (κ1) is 10.2. The highest BCUT2D eigenvalue weighted by Gasteiger charge is 2.17. The van der Waals surface area contributed by atoms with Crippen molar-refractivity contribution in [2.75, 3.05) is 0 Å². The lowest BCUT2D eigenvalue weighted by molar-refractivity contribution is 0.445.